The number of rotatable bonds is 2. The lowest BCUT2D eigenvalue weighted by molar-refractivity contribution is 0.777. The van der Waals surface area contributed by atoms with E-state index in [-0.39, 0.29) is 6.04 Å². The summed E-state index contributed by atoms with van der Waals surface area (Å²) in [5.74, 6) is 0.618. The van der Waals surface area contributed by atoms with Crippen molar-refractivity contribution in [2.75, 3.05) is 11.4 Å². The summed E-state index contributed by atoms with van der Waals surface area (Å²) in [4.78, 5) is 7.96. The maximum absolute atomic E-state index is 6.11. The molecule has 1 aromatic carbocycles. The fraction of sp³-hybridized carbons (Fsp3) is 0.267. The van der Waals surface area contributed by atoms with Gasteiger partial charge in [-0.2, -0.15) is 0 Å². The second kappa shape index (κ2) is 4.70. The molecule has 0 bridgehead atoms. The van der Waals surface area contributed by atoms with Crippen LogP contribution in [0.25, 0.3) is 0 Å². The average Bonchev–Trinajstić information content (AvgIpc) is 2.96. The Balaban J connectivity index is 2.05. The molecule has 0 aliphatic carbocycles. The number of hydrogen-bond acceptors (Lipinski definition) is 4. The van der Waals surface area contributed by atoms with Crippen molar-refractivity contribution in [3.63, 3.8) is 0 Å². The van der Waals surface area contributed by atoms with Crippen LogP contribution in [0.2, 0.25) is 0 Å². The van der Waals surface area contributed by atoms with Crippen LogP contribution >= 0.6 is 11.3 Å². The van der Waals surface area contributed by atoms with E-state index in [9.17, 15) is 0 Å². The molecule has 2 N–H and O–H groups in total. The third-order valence-corrected chi connectivity index (χ3v) is 4.68. The lowest BCUT2D eigenvalue weighted by atomic mass is 10.1. The van der Waals surface area contributed by atoms with Crippen LogP contribution in [0.3, 0.4) is 0 Å². The summed E-state index contributed by atoms with van der Waals surface area (Å²) in [6.45, 7) is 5.00. The van der Waals surface area contributed by atoms with Gasteiger partial charge in [-0.1, -0.05) is 18.2 Å². The van der Waals surface area contributed by atoms with Crippen LogP contribution in [0.5, 0.6) is 0 Å². The van der Waals surface area contributed by atoms with E-state index in [2.05, 4.69) is 47.3 Å². The maximum Gasteiger partial charge on any atom is 0.196 e. The van der Waals surface area contributed by atoms with Gasteiger partial charge in [0.1, 0.15) is 0 Å². The molecule has 3 nitrogen and oxygen atoms in total. The molecular formula is C15H17N3S. The van der Waals surface area contributed by atoms with Gasteiger partial charge in [-0.05, 0) is 42.5 Å². The van der Waals surface area contributed by atoms with Gasteiger partial charge in [0.15, 0.2) is 5.96 Å². The van der Waals surface area contributed by atoms with Crippen LogP contribution in [0.15, 0.2) is 40.7 Å². The number of aryl methyl sites for hydroxylation is 2. The van der Waals surface area contributed by atoms with E-state index in [0.29, 0.717) is 5.96 Å². The third kappa shape index (κ3) is 2.02. The van der Waals surface area contributed by atoms with E-state index < -0.39 is 0 Å². The molecule has 0 saturated carbocycles. The van der Waals surface area contributed by atoms with Crippen molar-refractivity contribution in [2.45, 2.75) is 19.9 Å². The monoisotopic (exact) mass is 271 g/mol. The number of nitrogens with two attached hydrogens (primary N) is 1. The molecule has 0 radical (unpaired) electrons. The molecule has 1 atom stereocenters. The zero-order chi connectivity index (χ0) is 13.4. The Kier molecular flexibility index (Phi) is 3.03. The fourth-order valence-electron chi connectivity index (χ4n) is 2.55. The average molecular weight is 271 g/mol. The van der Waals surface area contributed by atoms with Gasteiger partial charge in [0.2, 0.25) is 0 Å². The third-order valence-electron chi connectivity index (χ3n) is 3.56. The predicted molar refractivity (Wildman–Crippen MR) is 81.9 cm³/mol. The molecule has 1 unspecified atom stereocenters. The van der Waals surface area contributed by atoms with Crippen LogP contribution in [0.1, 0.15) is 22.0 Å². The number of guanidine groups is 1. The maximum atomic E-state index is 6.11. The standard InChI is InChI=1S/C15H17N3S/c1-10-5-3-4-6-12(10)18-13(9-17-15(18)16)14-11(2)7-8-19-14/h3-8,13H,9H2,1-2H3,(H2,16,17). The van der Waals surface area contributed by atoms with Gasteiger partial charge in [0.25, 0.3) is 0 Å². The van der Waals surface area contributed by atoms with Crippen molar-refractivity contribution in [3.8, 4) is 0 Å². The molecule has 98 valence electrons. The number of aliphatic imine (C=N–C) groups is 1. The van der Waals surface area contributed by atoms with Crippen molar-refractivity contribution in [2.24, 2.45) is 10.7 Å². The van der Waals surface area contributed by atoms with Crippen LogP contribution in [0.4, 0.5) is 5.69 Å². The topological polar surface area (TPSA) is 41.6 Å². The van der Waals surface area contributed by atoms with Crippen LogP contribution in [-0.4, -0.2) is 12.5 Å². The minimum absolute atomic E-state index is 0.237. The molecule has 1 aliphatic rings. The first-order valence-corrected chi connectivity index (χ1v) is 7.25. The highest BCUT2D eigenvalue weighted by Gasteiger charge is 2.31. The molecule has 1 aromatic heterocycles. The number of hydrogen-bond donors (Lipinski definition) is 1. The lowest BCUT2D eigenvalue weighted by Gasteiger charge is -2.27. The minimum atomic E-state index is 0.237. The van der Waals surface area contributed by atoms with Gasteiger partial charge >= 0.3 is 0 Å². The highest BCUT2D eigenvalue weighted by Crippen LogP contribution is 2.36. The van der Waals surface area contributed by atoms with E-state index in [1.807, 2.05) is 12.1 Å². The van der Waals surface area contributed by atoms with E-state index >= 15 is 0 Å². The number of para-hydroxylation sites is 1. The van der Waals surface area contributed by atoms with Gasteiger partial charge < -0.3 is 10.6 Å². The predicted octanol–water partition coefficient (Wildman–Crippen LogP) is 3.24. The highest BCUT2D eigenvalue weighted by atomic mass is 32.1. The van der Waals surface area contributed by atoms with E-state index in [4.69, 9.17) is 5.73 Å². The van der Waals surface area contributed by atoms with Gasteiger partial charge in [-0.3, -0.25) is 4.99 Å². The molecule has 19 heavy (non-hydrogen) atoms. The summed E-state index contributed by atoms with van der Waals surface area (Å²) in [5, 5.41) is 2.13. The van der Waals surface area contributed by atoms with E-state index in [1.165, 1.54) is 16.0 Å². The van der Waals surface area contributed by atoms with Crippen molar-refractivity contribution >= 4 is 23.0 Å². The molecule has 0 spiro atoms. The number of nitrogens with zero attached hydrogens (tertiary/aromatic N) is 2. The zero-order valence-electron chi connectivity index (χ0n) is 11.1. The fourth-order valence-corrected chi connectivity index (χ4v) is 3.56. The SMILES string of the molecule is Cc1ccccc1N1C(N)=NCC1c1sccc1C. The van der Waals surface area contributed by atoms with Gasteiger partial charge in [-0.15, -0.1) is 11.3 Å². The Morgan fingerprint density at radius 3 is 2.68 bits per heavy atom. The first-order chi connectivity index (χ1) is 9.18. The summed E-state index contributed by atoms with van der Waals surface area (Å²) in [7, 11) is 0. The molecule has 4 heteroatoms. The van der Waals surface area contributed by atoms with Crippen LogP contribution in [-0.2, 0) is 0 Å². The van der Waals surface area contributed by atoms with Crippen molar-refractivity contribution in [1.29, 1.82) is 0 Å². The summed E-state index contributed by atoms with van der Waals surface area (Å²) >= 11 is 1.78. The van der Waals surface area contributed by atoms with Crippen LogP contribution in [0, 0.1) is 13.8 Å². The zero-order valence-corrected chi connectivity index (χ0v) is 11.9. The van der Waals surface area contributed by atoms with Gasteiger partial charge in [0, 0.05) is 10.6 Å². The summed E-state index contributed by atoms with van der Waals surface area (Å²) in [6.07, 6.45) is 0. The number of thiophene rings is 1. The summed E-state index contributed by atoms with van der Waals surface area (Å²) in [5.41, 5.74) is 9.80. The first kappa shape index (κ1) is 12.2. The van der Waals surface area contributed by atoms with Crippen molar-refractivity contribution in [3.05, 3.63) is 51.7 Å². The first-order valence-electron chi connectivity index (χ1n) is 6.37. The van der Waals surface area contributed by atoms with Gasteiger partial charge in [-0.25, -0.2) is 0 Å². The summed E-state index contributed by atoms with van der Waals surface area (Å²) in [6, 6.07) is 10.7. The Hall–Kier alpha value is -1.81. The minimum Gasteiger partial charge on any atom is -0.369 e. The molecule has 3 rings (SSSR count). The molecule has 0 amide bonds. The van der Waals surface area contributed by atoms with Crippen molar-refractivity contribution < 1.29 is 0 Å². The van der Waals surface area contributed by atoms with Gasteiger partial charge in [0.05, 0.1) is 12.6 Å². The second-order valence-electron chi connectivity index (χ2n) is 4.84. The van der Waals surface area contributed by atoms with Crippen molar-refractivity contribution in [1.82, 2.24) is 0 Å². The molecular weight excluding hydrogens is 254 g/mol. The van der Waals surface area contributed by atoms with Crippen LogP contribution < -0.4 is 10.6 Å². The lowest BCUT2D eigenvalue weighted by Crippen LogP contribution is -2.36. The van der Waals surface area contributed by atoms with E-state index in [1.54, 1.807) is 11.3 Å². The smallest absolute Gasteiger partial charge is 0.196 e. The normalized spacial score (nSPS) is 18.7. The molecule has 2 heterocycles. The molecule has 0 saturated heterocycles. The Morgan fingerprint density at radius 2 is 2.00 bits per heavy atom. The Bertz CT molecular complexity index is 630. The Morgan fingerprint density at radius 1 is 1.21 bits per heavy atom. The molecule has 1 aliphatic heterocycles. The Labute approximate surface area is 117 Å². The second-order valence-corrected chi connectivity index (χ2v) is 5.79. The highest BCUT2D eigenvalue weighted by molar-refractivity contribution is 7.10. The number of anilines is 1. The molecule has 2 aromatic rings. The van der Waals surface area contributed by atoms with E-state index in [0.717, 1.165) is 12.2 Å². The molecule has 0 fully saturated rings. The largest absolute Gasteiger partial charge is 0.369 e. The number of benzene rings is 1. The quantitative estimate of drug-likeness (QED) is 0.911. The summed E-state index contributed by atoms with van der Waals surface area (Å²) < 4.78 is 0.